The zero-order chi connectivity index (χ0) is 22.6. The number of anilines is 3. The van der Waals surface area contributed by atoms with E-state index in [0.29, 0.717) is 37.0 Å². The van der Waals surface area contributed by atoms with Gasteiger partial charge in [-0.1, -0.05) is 24.3 Å². The van der Waals surface area contributed by atoms with Crippen LogP contribution in [0.3, 0.4) is 0 Å². The highest BCUT2D eigenvalue weighted by Gasteiger charge is 2.57. The van der Waals surface area contributed by atoms with Crippen molar-refractivity contribution in [1.82, 2.24) is 0 Å². The summed E-state index contributed by atoms with van der Waals surface area (Å²) in [7, 11) is 1.84. The highest BCUT2D eigenvalue weighted by molar-refractivity contribution is 6.11. The summed E-state index contributed by atoms with van der Waals surface area (Å²) in [6.07, 6.45) is 0. The van der Waals surface area contributed by atoms with E-state index in [9.17, 15) is 4.79 Å². The molecule has 3 heterocycles. The summed E-state index contributed by atoms with van der Waals surface area (Å²) < 4.78 is 17.6. The van der Waals surface area contributed by atoms with Gasteiger partial charge in [0, 0.05) is 24.4 Å². The van der Waals surface area contributed by atoms with Gasteiger partial charge in [0.1, 0.15) is 31.0 Å². The summed E-state index contributed by atoms with van der Waals surface area (Å²) in [4.78, 5) is 16.0. The van der Waals surface area contributed by atoms with E-state index in [2.05, 4.69) is 10.7 Å². The molecule has 168 valence electrons. The number of hydrazine groups is 1. The molecule has 0 saturated carbocycles. The number of carbonyl (C=O) groups is 1. The van der Waals surface area contributed by atoms with Gasteiger partial charge in [0.05, 0.1) is 17.9 Å². The predicted molar refractivity (Wildman–Crippen MR) is 125 cm³/mol. The van der Waals surface area contributed by atoms with Crippen molar-refractivity contribution < 1.29 is 19.0 Å². The molecule has 3 aromatic carbocycles. The first-order valence-corrected chi connectivity index (χ1v) is 10.9. The highest BCUT2D eigenvalue weighted by atomic mass is 16.6. The largest absolute Gasteiger partial charge is 0.491 e. The molecule has 1 amide bonds. The van der Waals surface area contributed by atoms with Crippen molar-refractivity contribution in [3.63, 3.8) is 0 Å². The van der Waals surface area contributed by atoms with Gasteiger partial charge in [-0.3, -0.25) is 10.6 Å². The molecule has 1 spiro atoms. The maximum Gasteiger partial charge on any atom is 0.246 e. The molecule has 33 heavy (non-hydrogen) atoms. The van der Waals surface area contributed by atoms with Crippen molar-refractivity contribution in [2.75, 3.05) is 42.5 Å². The minimum absolute atomic E-state index is 0.0147. The lowest BCUT2D eigenvalue weighted by Crippen LogP contribution is -2.42. The van der Waals surface area contributed by atoms with Gasteiger partial charge < -0.3 is 29.9 Å². The second-order valence-electron chi connectivity index (χ2n) is 8.37. The molecule has 0 fully saturated rings. The summed E-state index contributed by atoms with van der Waals surface area (Å²) in [6.45, 7) is 1.64. The van der Waals surface area contributed by atoms with E-state index in [1.54, 1.807) is 0 Å². The molecule has 8 nitrogen and oxygen atoms in total. The minimum atomic E-state index is -0.915. The number of para-hydroxylation sites is 1. The van der Waals surface area contributed by atoms with E-state index in [4.69, 9.17) is 20.1 Å². The Balaban J connectivity index is 1.44. The van der Waals surface area contributed by atoms with Crippen molar-refractivity contribution >= 4 is 23.0 Å². The molecular weight excluding hydrogens is 420 g/mol. The number of hydrogen-bond donors (Lipinski definition) is 3. The van der Waals surface area contributed by atoms with Crippen LogP contribution >= 0.6 is 0 Å². The second-order valence-corrected chi connectivity index (χ2v) is 8.37. The first-order valence-electron chi connectivity index (χ1n) is 10.9. The molecule has 8 heteroatoms. The number of carbonyl (C=O) groups excluding carboxylic acids is 1. The van der Waals surface area contributed by atoms with Crippen LogP contribution in [0.25, 0.3) is 0 Å². The van der Waals surface area contributed by atoms with Crippen molar-refractivity contribution in [3.8, 4) is 17.2 Å². The molecule has 3 aliphatic heterocycles. The molecule has 1 unspecified atom stereocenters. The zero-order valence-corrected chi connectivity index (χ0v) is 18.2. The third-order valence-electron chi connectivity index (χ3n) is 6.66. The first kappa shape index (κ1) is 19.8. The lowest BCUT2D eigenvalue weighted by atomic mass is 9.77. The van der Waals surface area contributed by atoms with Crippen LogP contribution in [0.4, 0.5) is 17.1 Å². The number of fused-ring (bicyclic) bond motifs is 5. The lowest BCUT2D eigenvalue weighted by molar-refractivity contribution is -0.122. The van der Waals surface area contributed by atoms with Crippen molar-refractivity contribution in [1.29, 1.82) is 0 Å². The number of nitrogens with two attached hydrogens (primary N) is 1. The highest BCUT2D eigenvalue weighted by Crippen LogP contribution is 2.55. The molecule has 0 aromatic heterocycles. The van der Waals surface area contributed by atoms with Crippen LogP contribution in [0.5, 0.6) is 17.2 Å². The fraction of sp³-hybridized carbons (Fsp3) is 0.240. The summed E-state index contributed by atoms with van der Waals surface area (Å²) >= 11 is 0. The molecule has 3 aromatic rings. The van der Waals surface area contributed by atoms with E-state index in [0.717, 1.165) is 33.8 Å². The van der Waals surface area contributed by atoms with Crippen molar-refractivity contribution in [2.24, 2.45) is 5.84 Å². The van der Waals surface area contributed by atoms with Crippen LogP contribution in [0, 0.1) is 0 Å². The van der Waals surface area contributed by atoms with Gasteiger partial charge in [-0.25, -0.2) is 0 Å². The van der Waals surface area contributed by atoms with Crippen LogP contribution in [0.2, 0.25) is 0 Å². The number of ether oxygens (including phenoxy) is 3. The maximum absolute atomic E-state index is 14.1. The SMILES string of the molecule is CNc1ccc(CN2C(=O)C3(COc4cc5c(cc43)OCCO5)c3ccccc32)cc1NN. The lowest BCUT2D eigenvalue weighted by Gasteiger charge is -2.25. The molecular formula is C25H24N4O4. The zero-order valence-electron chi connectivity index (χ0n) is 18.2. The average Bonchev–Trinajstić information content (AvgIpc) is 3.34. The Kier molecular flexibility index (Phi) is 4.38. The topological polar surface area (TPSA) is 98.1 Å². The van der Waals surface area contributed by atoms with Crippen LogP contribution in [-0.2, 0) is 16.8 Å². The summed E-state index contributed by atoms with van der Waals surface area (Å²) in [5, 5.41) is 3.11. The van der Waals surface area contributed by atoms with E-state index in [1.807, 2.05) is 66.5 Å². The molecule has 4 N–H and O–H groups in total. The van der Waals surface area contributed by atoms with E-state index >= 15 is 0 Å². The van der Waals surface area contributed by atoms with Gasteiger partial charge in [-0.15, -0.1) is 0 Å². The Labute approximate surface area is 191 Å². The first-order chi connectivity index (χ1) is 16.2. The van der Waals surface area contributed by atoms with Crippen molar-refractivity contribution in [2.45, 2.75) is 12.0 Å². The molecule has 3 aliphatic rings. The number of benzene rings is 3. The maximum atomic E-state index is 14.1. The molecule has 0 saturated heterocycles. The standard InChI is InChI=1S/C25H24N4O4/c1-27-18-7-6-15(10-19(18)28-26)13-29-20-5-3-2-4-16(20)25(24(29)30)14-33-21-12-23-22(11-17(21)25)31-8-9-32-23/h2-7,10-12,27-28H,8-9,13-14,26H2,1H3. The Hall–Kier alpha value is -3.91. The van der Waals surface area contributed by atoms with Gasteiger partial charge in [-0.05, 0) is 35.4 Å². The van der Waals surface area contributed by atoms with Crippen LogP contribution in [0.15, 0.2) is 54.6 Å². The van der Waals surface area contributed by atoms with Gasteiger partial charge in [-0.2, -0.15) is 0 Å². The van der Waals surface area contributed by atoms with Crippen LogP contribution < -0.4 is 35.7 Å². The van der Waals surface area contributed by atoms with E-state index in [1.165, 1.54) is 0 Å². The summed E-state index contributed by atoms with van der Waals surface area (Å²) in [6, 6.07) is 17.6. The Morgan fingerprint density at radius 2 is 1.73 bits per heavy atom. The third kappa shape index (κ3) is 2.77. The summed E-state index contributed by atoms with van der Waals surface area (Å²) in [5.74, 6) is 7.65. The quantitative estimate of drug-likeness (QED) is 0.420. The minimum Gasteiger partial charge on any atom is -0.491 e. The number of hydrogen-bond acceptors (Lipinski definition) is 7. The molecule has 0 radical (unpaired) electrons. The number of nitrogens with one attached hydrogen (secondary N) is 2. The number of nitrogens with zero attached hydrogens (tertiary/aromatic N) is 1. The summed E-state index contributed by atoms with van der Waals surface area (Å²) in [5.41, 5.74) is 7.06. The molecule has 1 atom stereocenters. The molecule has 0 aliphatic carbocycles. The van der Waals surface area contributed by atoms with Crippen LogP contribution in [-0.4, -0.2) is 32.8 Å². The van der Waals surface area contributed by atoms with Gasteiger partial charge in [0.25, 0.3) is 0 Å². The fourth-order valence-electron chi connectivity index (χ4n) is 5.08. The molecule has 0 bridgehead atoms. The van der Waals surface area contributed by atoms with E-state index in [-0.39, 0.29) is 12.5 Å². The Bertz CT molecular complexity index is 1280. The normalized spacial score (nSPS) is 19.8. The smallest absolute Gasteiger partial charge is 0.246 e. The van der Waals surface area contributed by atoms with Crippen LogP contribution in [0.1, 0.15) is 16.7 Å². The van der Waals surface area contributed by atoms with Gasteiger partial charge >= 0.3 is 0 Å². The number of nitrogen functional groups attached to an aromatic ring is 1. The fourth-order valence-corrected chi connectivity index (χ4v) is 5.08. The van der Waals surface area contributed by atoms with Crippen molar-refractivity contribution in [3.05, 3.63) is 71.3 Å². The predicted octanol–water partition coefficient (Wildman–Crippen LogP) is 3.01. The Morgan fingerprint density at radius 3 is 2.52 bits per heavy atom. The van der Waals surface area contributed by atoms with Gasteiger partial charge in [0.15, 0.2) is 11.5 Å². The average molecular weight is 444 g/mol. The number of rotatable bonds is 4. The van der Waals surface area contributed by atoms with E-state index < -0.39 is 5.41 Å². The van der Waals surface area contributed by atoms with Gasteiger partial charge in [0.2, 0.25) is 5.91 Å². The Morgan fingerprint density at radius 1 is 0.939 bits per heavy atom. The monoisotopic (exact) mass is 444 g/mol. The number of amides is 1. The third-order valence-corrected chi connectivity index (χ3v) is 6.66. The second kappa shape index (κ2) is 7.31. The molecule has 6 rings (SSSR count).